The first-order valence-electron chi connectivity index (χ1n) is 7.20. The van der Waals surface area contributed by atoms with Crippen molar-refractivity contribution in [2.45, 2.75) is 32.4 Å². The van der Waals surface area contributed by atoms with E-state index in [0.717, 1.165) is 13.1 Å². The minimum Gasteiger partial charge on any atom is -0.323 e. The number of hydrogen-bond acceptors (Lipinski definition) is 3. The highest BCUT2D eigenvalue weighted by atomic mass is 15.2. The van der Waals surface area contributed by atoms with Crippen molar-refractivity contribution in [2.75, 3.05) is 33.7 Å². The van der Waals surface area contributed by atoms with Gasteiger partial charge in [-0.3, -0.25) is 0 Å². The molecule has 2 N–H and O–H groups in total. The number of benzene rings is 1. The van der Waals surface area contributed by atoms with Gasteiger partial charge in [0.05, 0.1) is 0 Å². The highest BCUT2D eigenvalue weighted by molar-refractivity contribution is 5.32. The Hall–Kier alpha value is -0.900. The molecule has 1 aromatic rings. The lowest BCUT2D eigenvalue weighted by Crippen LogP contribution is -2.45. The summed E-state index contributed by atoms with van der Waals surface area (Å²) in [7, 11) is 4.39. The van der Waals surface area contributed by atoms with Gasteiger partial charge >= 0.3 is 0 Å². The molecule has 0 aromatic heterocycles. The van der Waals surface area contributed by atoms with Crippen LogP contribution in [0.5, 0.6) is 0 Å². The van der Waals surface area contributed by atoms with E-state index < -0.39 is 0 Å². The van der Waals surface area contributed by atoms with E-state index in [1.165, 1.54) is 29.7 Å². The van der Waals surface area contributed by atoms with E-state index in [-0.39, 0.29) is 6.04 Å². The minimum absolute atomic E-state index is 0.0878. The second kappa shape index (κ2) is 6.04. The average Bonchev–Trinajstić information content (AvgIpc) is 2.54. The maximum atomic E-state index is 6.54. The molecule has 3 nitrogen and oxygen atoms in total. The Morgan fingerprint density at radius 3 is 2.58 bits per heavy atom. The molecule has 3 heteroatoms. The van der Waals surface area contributed by atoms with Crippen molar-refractivity contribution in [2.24, 2.45) is 5.73 Å². The monoisotopic (exact) mass is 261 g/mol. The number of likely N-dealkylation sites (N-methyl/N-ethyl adjacent to an activating group) is 2. The van der Waals surface area contributed by atoms with Crippen LogP contribution in [-0.2, 0) is 0 Å². The Labute approximate surface area is 117 Å². The predicted molar refractivity (Wildman–Crippen MR) is 81.4 cm³/mol. The van der Waals surface area contributed by atoms with Gasteiger partial charge in [0.1, 0.15) is 0 Å². The normalized spacial score (nSPS) is 24.2. The number of hydrogen-bond donors (Lipinski definition) is 1. The third-order valence-electron chi connectivity index (χ3n) is 4.45. The molecule has 19 heavy (non-hydrogen) atoms. The van der Waals surface area contributed by atoms with Gasteiger partial charge in [-0.05, 0) is 64.1 Å². The Balaban J connectivity index is 2.20. The summed E-state index contributed by atoms with van der Waals surface area (Å²) in [5, 5.41) is 0. The van der Waals surface area contributed by atoms with Gasteiger partial charge in [-0.1, -0.05) is 18.2 Å². The van der Waals surface area contributed by atoms with E-state index >= 15 is 0 Å². The summed E-state index contributed by atoms with van der Waals surface area (Å²) in [6.45, 7) is 7.66. The largest absolute Gasteiger partial charge is 0.323 e. The Kier molecular flexibility index (Phi) is 4.61. The minimum atomic E-state index is 0.0878. The quantitative estimate of drug-likeness (QED) is 0.883. The van der Waals surface area contributed by atoms with Crippen LogP contribution in [-0.4, -0.2) is 49.6 Å². The first-order valence-corrected chi connectivity index (χ1v) is 7.20. The maximum absolute atomic E-state index is 6.54. The van der Waals surface area contributed by atoms with Crippen molar-refractivity contribution < 1.29 is 0 Å². The lowest BCUT2D eigenvalue weighted by Gasteiger charge is -2.32. The Morgan fingerprint density at radius 1 is 1.16 bits per heavy atom. The molecule has 0 radical (unpaired) electrons. The lowest BCUT2D eigenvalue weighted by molar-refractivity contribution is 0.196. The standard InChI is InChI=1S/C16H27N3/c1-12-6-7-14(10-13(12)2)16(17)15-11-18(3)8-5-9-19(15)4/h6-7,10,15-16H,5,8-9,11,17H2,1-4H3. The fraction of sp³-hybridized carbons (Fsp3) is 0.625. The van der Waals surface area contributed by atoms with Crippen molar-refractivity contribution in [1.82, 2.24) is 9.80 Å². The molecule has 2 unspecified atom stereocenters. The topological polar surface area (TPSA) is 32.5 Å². The molecule has 0 bridgehead atoms. The number of rotatable bonds is 2. The molecule has 1 aliphatic rings. The van der Waals surface area contributed by atoms with Crippen LogP contribution in [0.2, 0.25) is 0 Å². The van der Waals surface area contributed by atoms with Crippen LogP contribution in [0.3, 0.4) is 0 Å². The lowest BCUT2D eigenvalue weighted by atomic mass is 9.95. The molecule has 0 saturated carbocycles. The molecule has 1 aromatic carbocycles. The first kappa shape index (κ1) is 14.5. The number of nitrogens with zero attached hydrogens (tertiary/aromatic N) is 2. The van der Waals surface area contributed by atoms with Crippen molar-refractivity contribution in [3.63, 3.8) is 0 Å². The van der Waals surface area contributed by atoms with E-state index in [0.29, 0.717) is 6.04 Å². The molecule has 1 heterocycles. The zero-order valence-corrected chi connectivity index (χ0v) is 12.7. The summed E-state index contributed by atoms with van der Waals surface area (Å²) in [4.78, 5) is 4.82. The number of nitrogens with two attached hydrogens (primary N) is 1. The smallest absolute Gasteiger partial charge is 0.0465 e. The van der Waals surface area contributed by atoms with Crippen LogP contribution in [0.4, 0.5) is 0 Å². The van der Waals surface area contributed by atoms with Gasteiger partial charge in [0.25, 0.3) is 0 Å². The molecule has 1 fully saturated rings. The Morgan fingerprint density at radius 2 is 1.89 bits per heavy atom. The molecule has 106 valence electrons. The molecule has 0 amide bonds. The zero-order valence-electron chi connectivity index (χ0n) is 12.7. The third kappa shape index (κ3) is 3.35. The van der Waals surface area contributed by atoms with E-state index in [2.05, 4.69) is 55.9 Å². The highest BCUT2D eigenvalue weighted by Crippen LogP contribution is 2.22. The number of aryl methyl sites for hydroxylation is 2. The molecule has 0 spiro atoms. The summed E-state index contributed by atoms with van der Waals surface area (Å²) < 4.78 is 0. The van der Waals surface area contributed by atoms with Gasteiger partial charge in [0.2, 0.25) is 0 Å². The summed E-state index contributed by atoms with van der Waals surface area (Å²) >= 11 is 0. The van der Waals surface area contributed by atoms with Crippen LogP contribution in [0.15, 0.2) is 18.2 Å². The predicted octanol–water partition coefficient (Wildman–Crippen LogP) is 1.94. The third-order valence-corrected chi connectivity index (χ3v) is 4.45. The van der Waals surface area contributed by atoms with E-state index in [1.54, 1.807) is 0 Å². The molecule has 1 aliphatic heterocycles. The molecular weight excluding hydrogens is 234 g/mol. The van der Waals surface area contributed by atoms with Crippen molar-refractivity contribution in [3.05, 3.63) is 34.9 Å². The SMILES string of the molecule is Cc1ccc(C(N)C2CN(C)CCCN2C)cc1C. The molecule has 0 aliphatic carbocycles. The van der Waals surface area contributed by atoms with Crippen molar-refractivity contribution in [3.8, 4) is 0 Å². The summed E-state index contributed by atoms with van der Waals surface area (Å²) in [5.74, 6) is 0. The second-order valence-electron chi connectivity index (χ2n) is 6.03. The molecule has 1 saturated heterocycles. The fourth-order valence-electron chi connectivity index (χ4n) is 2.89. The summed E-state index contributed by atoms with van der Waals surface area (Å²) in [6.07, 6.45) is 1.23. The average molecular weight is 261 g/mol. The van der Waals surface area contributed by atoms with Crippen molar-refractivity contribution in [1.29, 1.82) is 0 Å². The van der Waals surface area contributed by atoms with Gasteiger partial charge in [-0.15, -0.1) is 0 Å². The zero-order chi connectivity index (χ0) is 14.0. The van der Waals surface area contributed by atoms with Crippen LogP contribution in [0, 0.1) is 13.8 Å². The van der Waals surface area contributed by atoms with Gasteiger partial charge in [0.15, 0.2) is 0 Å². The van der Waals surface area contributed by atoms with Crippen LogP contribution in [0.1, 0.15) is 29.2 Å². The summed E-state index contributed by atoms with van der Waals surface area (Å²) in [6, 6.07) is 7.11. The molecule has 2 atom stereocenters. The van der Waals surface area contributed by atoms with Crippen LogP contribution >= 0.6 is 0 Å². The first-order chi connectivity index (χ1) is 8.99. The Bertz CT molecular complexity index is 430. The molecule has 2 rings (SSSR count). The van der Waals surface area contributed by atoms with Gasteiger partial charge in [0, 0.05) is 18.6 Å². The van der Waals surface area contributed by atoms with E-state index in [4.69, 9.17) is 5.73 Å². The fourth-order valence-corrected chi connectivity index (χ4v) is 2.89. The highest BCUT2D eigenvalue weighted by Gasteiger charge is 2.27. The van der Waals surface area contributed by atoms with Crippen LogP contribution in [0.25, 0.3) is 0 Å². The summed E-state index contributed by atoms with van der Waals surface area (Å²) in [5.41, 5.74) is 10.5. The van der Waals surface area contributed by atoms with Gasteiger partial charge in [-0.2, -0.15) is 0 Å². The van der Waals surface area contributed by atoms with Gasteiger partial charge < -0.3 is 15.5 Å². The van der Waals surface area contributed by atoms with E-state index in [1.807, 2.05) is 0 Å². The van der Waals surface area contributed by atoms with Gasteiger partial charge in [-0.25, -0.2) is 0 Å². The maximum Gasteiger partial charge on any atom is 0.0465 e. The molecular formula is C16H27N3. The van der Waals surface area contributed by atoms with Crippen molar-refractivity contribution >= 4 is 0 Å². The second-order valence-corrected chi connectivity index (χ2v) is 6.03. The van der Waals surface area contributed by atoms with Crippen LogP contribution < -0.4 is 5.73 Å². The van der Waals surface area contributed by atoms with E-state index in [9.17, 15) is 0 Å².